The van der Waals surface area contributed by atoms with Crippen LogP contribution in [0.15, 0.2) is 0 Å². The topological polar surface area (TPSA) is 80.2 Å². The largest absolute Gasteiger partial charge is 0.870 e. The molecular weight excluding hydrogens is 196 g/mol. The number of rotatable bonds is 3. The third-order valence-electron chi connectivity index (χ3n) is 1.72. The van der Waals surface area contributed by atoms with Gasteiger partial charge in [-0.25, -0.2) is 0 Å². The Morgan fingerprint density at radius 3 is 1.07 bits per heavy atom. The summed E-state index contributed by atoms with van der Waals surface area (Å²) >= 11 is 0. The van der Waals surface area contributed by atoms with Gasteiger partial charge in [-0.15, -0.1) is 0 Å². The van der Waals surface area contributed by atoms with Crippen LogP contribution in [0, 0.1) is 0 Å². The fraction of sp³-hybridized carbons (Fsp3) is 1.00. The van der Waals surface area contributed by atoms with Crippen molar-refractivity contribution < 1.29 is 25.0 Å². The molecule has 0 unspecified atom stereocenters. The minimum absolute atomic E-state index is 0. The highest BCUT2D eigenvalue weighted by Crippen LogP contribution is 1.84. The predicted octanol–water partition coefficient (Wildman–Crippen LogP) is 0.0438. The maximum atomic E-state index is 8.39. The first-order chi connectivity index (χ1) is 5.62. The summed E-state index contributed by atoms with van der Waals surface area (Å²) in [5, 5.41) is 8.39. The molecule has 0 saturated carbocycles. The van der Waals surface area contributed by atoms with Gasteiger partial charge in [-0.05, 0) is 6.92 Å². The molecule has 0 atom stereocenters. The lowest BCUT2D eigenvalue weighted by molar-refractivity contribution is -0.870. The van der Waals surface area contributed by atoms with Gasteiger partial charge in [0.1, 0.15) is 6.54 Å². The van der Waals surface area contributed by atoms with Gasteiger partial charge in [0.15, 0.2) is 0 Å². The summed E-state index contributed by atoms with van der Waals surface area (Å²) in [6.07, 6.45) is 0. The van der Waals surface area contributed by atoms with E-state index in [2.05, 4.69) is 49.2 Å². The number of likely N-dealkylation sites (N-methyl/N-ethyl adjacent to an activating group) is 1. The zero-order chi connectivity index (χ0) is 11.1. The first-order valence-corrected chi connectivity index (χ1v) is 4.84. The predicted molar refractivity (Wildman–Crippen MR) is 62.4 cm³/mol. The van der Waals surface area contributed by atoms with Crippen molar-refractivity contribution in [1.29, 1.82) is 0 Å². The lowest BCUT2D eigenvalue weighted by atomic mass is 10.5. The van der Waals surface area contributed by atoms with E-state index < -0.39 is 0 Å². The van der Waals surface area contributed by atoms with Gasteiger partial charge < -0.3 is 25.0 Å². The van der Waals surface area contributed by atoms with Crippen molar-refractivity contribution in [3.8, 4) is 0 Å². The van der Waals surface area contributed by atoms with Crippen LogP contribution in [0.2, 0.25) is 0 Å². The number of aliphatic hydroxyl groups is 1. The van der Waals surface area contributed by atoms with E-state index in [4.69, 9.17) is 5.11 Å². The van der Waals surface area contributed by atoms with Gasteiger partial charge in [0, 0.05) is 0 Å². The molecule has 0 radical (unpaired) electrons. The number of hydrogen-bond donors (Lipinski definition) is 1. The highest BCUT2D eigenvalue weighted by Gasteiger charge is 2.02. The summed E-state index contributed by atoms with van der Waals surface area (Å²) in [6.45, 7) is 4.50. The molecule has 3 N–H and O–H groups in total. The summed E-state index contributed by atoms with van der Waals surface area (Å²) < 4.78 is 1.91. The molecule has 0 aromatic carbocycles. The van der Waals surface area contributed by atoms with Crippen molar-refractivity contribution >= 4 is 0 Å². The molecule has 0 aliphatic heterocycles. The van der Waals surface area contributed by atoms with E-state index in [1.165, 1.54) is 6.54 Å². The minimum atomic E-state index is 0. The molecular formula is C10H30N2O3. The van der Waals surface area contributed by atoms with Crippen LogP contribution >= 0.6 is 0 Å². The number of aliphatic hydroxyl groups excluding tert-OH is 1. The third-order valence-corrected chi connectivity index (χ3v) is 1.72. The van der Waals surface area contributed by atoms with Crippen LogP contribution in [0.25, 0.3) is 0 Å². The summed E-state index contributed by atoms with van der Waals surface area (Å²) in [5.41, 5.74) is 0. The van der Waals surface area contributed by atoms with Crippen LogP contribution in [0.5, 0.6) is 0 Å². The molecule has 0 fully saturated rings. The van der Waals surface area contributed by atoms with Gasteiger partial charge in [-0.1, -0.05) is 0 Å². The zero-order valence-electron chi connectivity index (χ0n) is 11.4. The summed E-state index contributed by atoms with van der Waals surface area (Å²) in [5.74, 6) is 0. The highest BCUT2D eigenvalue weighted by molar-refractivity contribution is 4.19. The van der Waals surface area contributed by atoms with Crippen LogP contribution in [0.4, 0.5) is 0 Å². The number of quaternary nitrogens is 2. The molecule has 0 bridgehead atoms. The van der Waals surface area contributed by atoms with Crippen LogP contribution in [-0.4, -0.2) is 87.0 Å². The fourth-order valence-corrected chi connectivity index (χ4v) is 0.300. The molecule has 0 amide bonds. The molecule has 5 heteroatoms. The maximum Gasteiger partial charge on any atom is 0.101 e. The monoisotopic (exact) mass is 226 g/mol. The van der Waals surface area contributed by atoms with E-state index in [9.17, 15) is 0 Å². The highest BCUT2D eigenvalue weighted by atomic mass is 16.3. The normalized spacial score (nSPS) is 10.4. The quantitative estimate of drug-likeness (QED) is 0.690. The number of nitrogens with zero attached hydrogens (tertiary/aromatic N) is 2. The van der Waals surface area contributed by atoms with Crippen LogP contribution in [0.3, 0.4) is 0 Å². The van der Waals surface area contributed by atoms with Gasteiger partial charge >= 0.3 is 0 Å². The Morgan fingerprint density at radius 2 is 1.07 bits per heavy atom. The van der Waals surface area contributed by atoms with Crippen molar-refractivity contribution in [2.45, 2.75) is 6.92 Å². The Balaban J connectivity index is -0.0000000718. The second kappa shape index (κ2) is 10.3. The Labute approximate surface area is 94.7 Å². The van der Waals surface area contributed by atoms with Crippen LogP contribution in [-0.2, 0) is 0 Å². The van der Waals surface area contributed by atoms with Gasteiger partial charge in [0.05, 0.1) is 55.4 Å². The Kier molecular flexibility index (Phi) is 16.6. The molecule has 0 aromatic heterocycles. The maximum absolute atomic E-state index is 8.39. The van der Waals surface area contributed by atoms with Gasteiger partial charge in [0.25, 0.3) is 0 Å². The van der Waals surface area contributed by atoms with Crippen molar-refractivity contribution in [2.75, 3.05) is 62.0 Å². The van der Waals surface area contributed by atoms with Crippen molar-refractivity contribution in [3.05, 3.63) is 0 Å². The molecule has 0 aliphatic carbocycles. The van der Waals surface area contributed by atoms with Gasteiger partial charge in [-0.2, -0.15) is 0 Å². The van der Waals surface area contributed by atoms with Crippen molar-refractivity contribution in [1.82, 2.24) is 0 Å². The minimum Gasteiger partial charge on any atom is -0.870 e. The molecule has 98 valence electrons. The summed E-state index contributed by atoms with van der Waals surface area (Å²) in [6, 6.07) is 0. The second-order valence-electron chi connectivity index (χ2n) is 5.34. The van der Waals surface area contributed by atoms with Crippen LogP contribution < -0.4 is 0 Å². The van der Waals surface area contributed by atoms with Crippen molar-refractivity contribution in [3.63, 3.8) is 0 Å². The van der Waals surface area contributed by atoms with E-state index in [0.29, 0.717) is 0 Å². The lowest BCUT2D eigenvalue weighted by Crippen LogP contribution is -2.36. The molecule has 0 rings (SSSR count). The van der Waals surface area contributed by atoms with E-state index in [1.807, 2.05) is 0 Å². The number of hydrogen-bond acceptors (Lipinski definition) is 3. The Morgan fingerprint density at radius 1 is 0.800 bits per heavy atom. The van der Waals surface area contributed by atoms with Crippen molar-refractivity contribution in [2.24, 2.45) is 0 Å². The third kappa shape index (κ3) is 41.6. The average Bonchev–Trinajstić information content (AvgIpc) is 1.84. The molecule has 15 heavy (non-hydrogen) atoms. The standard InChI is InChI=1S/C5H14NO.C5H14N.2H2O/c1-6(2,3)4-5-7;1-5-6(2,3)4;;/h7H,4-5H2,1-3H3;5H2,1-4H3;2*1H2/q2*+1;;/p-2. The van der Waals surface area contributed by atoms with Gasteiger partial charge in [0.2, 0.25) is 0 Å². The molecule has 0 aromatic rings. The average molecular weight is 226 g/mol. The SMILES string of the molecule is CC[N+](C)(C)C.C[N+](C)(C)CCO.[OH-].[OH-]. The van der Waals surface area contributed by atoms with E-state index in [1.54, 1.807) is 0 Å². The summed E-state index contributed by atoms with van der Waals surface area (Å²) in [7, 11) is 12.7. The Bertz CT molecular complexity index is 117. The molecule has 0 heterocycles. The molecule has 5 nitrogen and oxygen atoms in total. The first-order valence-electron chi connectivity index (χ1n) is 4.84. The van der Waals surface area contributed by atoms with E-state index in [0.717, 1.165) is 15.5 Å². The molecule has 0 spiro atoms. The molecule has 0 saturated heterocycles. The first kappa shape index (κ1) is 24.2. The van der Waals surface area contributed by atoms with E-state index >= 15 is 0 Å². The van der Waals surface area contributed by atoms with Gasteiger partial charge in [-0.3, -0.25) is 0 Å². The fourth-order valence-electron chi connectivity index (χ4n) is 0.300. The van der Waals surface area contributed by atoms with Crippen LogP contribution in [0.1, 0.15) is 6.92 Å². The second-order valence-corrected chi connectivity index (χ2v) is 5.34. The smallest absolute Gasteiger partial charge is 0.101 e. The zero-order valence-corrected chi connectivity index (χ0v) is 11.4. The lowest BCUT2D eigenvalue weighted by Gasteiger charge is -2.21. The van der Waals surface area contributed by atoms with E-state index in [-0.39, 0.29) is 17.6 Å². The Hall–Kier alpha value is -0.200. The summed E-state index contributed by atoms with van der Waals surface area (Å²) in [4.78, 5) is 0. The molecule has 0 aliphatic rings.